The number of anilines is 1. The quantitative estimate of drug-likeness (QED) is 0.444. The summed E-state index contributed by atoms with van der Waals surface area (Å²) in [5, 5.41) is 10.5. The Kier molecular flexibility index (Phi) is 7.81. The molecule has 0 aliphatic carbocycles. The third-order valence-corrected chi connectivity index (χ3v) is 6.62. The fourth-order valence-corrected chi connectivity index (χ4v) is 4.93. The van der Waals surface area contributed by atoms with Gasteiger partial charge < -0.3 is 24.8 Å². The Morgan fingerprint density at radius 1 is 1.03 bits per heavy atom. The summed E-state index contributed by atoms with van der Waals surface area (Å²) >= 11 is 1.72. The minimum Gasteiger partial charge on any atom is -0.493 e. The van der Waals surface area contributed by atoms with Crippen LogP contribution in [0.1, 0.15) is 27.2 Å². The Labute approximate surface area is 208 Å². The molecular formula is C25H28N4O5S. The van der Waals surface area contributed by atoms with Crippen molar-refractivity contribution in [2.45, 2.75) is 24.5 Å². The van der Waals surface area contributed by atoms with Gasteiger partial charge in [-0.1, -0.05) is 30.3 Å². The molecule has 184 valence electrons. The molecule has 1 aromatic heterocycles. The van der Waals surface area contributed by atoms with E-state index in [1.807, 2.05) is 30.3 Å². The van der Waals surface area contributed by atoms with Crippen LogP contribution in [0.3, 0.4) is 0 Å². The molecule has 0 fully saturated rings. The van der Waals surface area contributed by atoms with Crippen molar-refractivity contribution >= 4 is 29.4 Å². The highest BCUT2D eigenvalue weighted by molar-refractivity contribution is 7.98. The zero-order valence-electron chi connectivity index (χ0n) is 19.9. The lowest BCUT2D eigenvalue weighted by Gasteiger charge is -2.15. The largest absolute Gasteiger partial charge is 0.493 e. The van der Waals surface area contributed by atoms with Gasteiger partial charge in [-0.25, -0.2) is 4.68 Å². The van der Waals surface area contributed by atoms with Gasteiger partial charge in [-0.15, -0.1) is 0 Å². The van der Waals surface area contributed by atoms with Gasteiger partial charge in [0.2, 0.25) is 11.7 Å². The fraction of sp³-hybridized carbons (Fsp3) is 0.320. The van der Waals surface area contributed by atoms with Crippen LogP contribution in [-0.2, 0) is 29.3 Å². The van der Waals surface area contributed by atoms with Crippen molar-refractivity contribution in [3.05, 3.63) is 64.8 Å². The summed E-state index contributed by atoms with van der Waals surface area (Å²) in [6.07, 6.45) is 0.740. The number of rotatable bonds is 10. The van der Waals surface area contributed by atoms with Gasteiger partial charge in [0.05, 0.1) is 27.0 Å². The van der Waals surface area contributed by atoms with E-state index in [2.05, 4.69) is 15.7 Å². The van der Waals surface area contributed by atoms with Gasteiger partial charge in [0.15, 0.2) is 11.5 Å². The molecule has 4 rings (SSSR count). The second kappa shape index (κ2) is 11.2. The highest BCUT2D eigenvalue weighted by Crippen LogP contribution is 2.39. The second-order valence-corrected chi connectivity index (χ2v) is 8.86. The van der Waals surface area contributed by atoms with Gasteiger partial charge in [-0.3, -0.25) is 9.59 Å². The monoisotopic (exact) mass is 496 g/mol. The SMILES string of the molecule is COc1cc(C(=O)Nc2c3c(nn2CC(=O)NCCc2ccccc2)CSC3)cc(OC)c1OC. The molecule has 0 saturated carbocycles. The molecule has 9 nitrogen and oxygen atoms in total. The van der Waals surface area contributed by atoms with E-state index in [1.54, 1.807) is 28.6 Å². The number of methoxy groups -OCH3 is 3. The number of amides is 2. The molecular weight excluding hydrogens is 468 g/mol. The molecule has 2 aromatic carbocycles. The summed E-state index contributed by atoms with van der Waals surface area (Å²) in [5.41, 5.74) is 3.31. The van der Waals surface area contributed by atoms with E-state index in [9.17, 15) is 9.59 Å². The van der Waals surface area contributed by atoms with Crippen LogP contribution in [0.5, 0.6) is 17.2 Å². The molecule has 10 heteroatoms. The topological polar surface area (TPSA) is 104 Å². The number of aromatic nitrogens is 2. The summed E-state index contributed by atoms with van der Waals surface area (Å²) in [5.74, 6) is 2.62. The molecule has 2 heterocycles. The predicted octanol–water partition coefficient (Wildman–Crippen LogP) is 3.27. The van der Waals surface area contributed by atoms with Crippen LogP contribution in [0.15, 0.2) is 42.5 Å². The zero-order valence-corrected chi connectivity index (χ0v) is 20.7. The standard InChI is InChI=1S/C25H28N4O5S/c1-32-20-11-17(12-21(33-2)23(20)34-3)25(31)27-24-18-14-35-15-19(18)28-29(24)13-22(30)26-10-9-16-7-5-4-6-8-16/h4-8,11-12H,9-10,13-15H2,1-3H3,(H,26,30)(H,27,31). The van der Waals surface area contributed by atoms with Crippen molar-refractivity contribution in [3.8, 4) is 17.2 Å². The average molecular weight is 497 g/mol. The molecule has 2 N–H and O–H groups in total. The van der Waals surface area contributed by atoms with Crippen molar-refractivity contribution in [2.75, 3.05) is 33.2 Å². The van der Waals surface area contributed by atoms with Crippen molar-refractivity contribution in [3.63, 3.8) is 0 Å². The number of hydrogen-bond donors (Lipinski definition) is 2. The summed E-state index contributed by atoms with van der Waals surface area (Å²) < 4.78 is 17.6. The normalized spacial score (nSPS) is 12.1. The van der Waals surface area contributed by atoms with Gasteiger partial charge >= 0.3 is 0 Å². The van der Waals surface area contributed by atoms with Crippen LogP contribution in [0, 0.1) is 0 Å². The van der Waals surface area contributed by atoms with E-state index in [4.69, 9.17) is 14.2 Å². The van der Waals surface area contributed by atoms with E-state index in [-0.39, 0.29) is 18.4 Å². The van der Waals surface area contributed by atoms with Crippen LogP contribution < -0.4 is 24.8 Å². The van der Waals surface area contributed by atoms with Crippen LogP contribution in [0.2, 0.25) is 0 Å². The number of nitrogens with zero attached hydrogens (tertiary/aromatic N) is 2. The maximum atomic E-state index is 13.2. The lowest BCUT2D eigenvalue weighted by atomic mass is 10.1. The number of hydrogen-bond acceptors (Lipinski definition) is 7. The van der Waals surface area contributed by atoms with Gasteiger partial charge in [-0.2, -0.15) is 16.9 Å². The first-order valence-electron chi connectivity index (χ1n) is 11.1. The number of ether oxygens (including phenoxy) is 3. The highest BCUT2D eigenvalue weighted by Gasteiger charge is 2.26. The first-order valence-corrected chi connectivity index (χ1v) is 12.3. The minimum atomic E-state index is -0.366. The molecule has 0 unspecified atom stereocenters. The molecule has 3 aromatic rings. The number of thioether (sulfide) groups is 1. The number of fused-ring (bicyclic) bond motifs is 1. The smallest absolute Gasteiger partial charge is 0.257 e. The third kappa shape index (κ3) is 5.54. The van der Waals surface area contributed by atoms with Crippen LogP contribution >= 0.6 is 11.8 Å². The molecule has 0 radical (unpaired) electrons. The number of nitrogens with one attached hydrogen (secondary N) is 2. The summed E-state index contributed by atoms with van der Waals surface area (Å²) in [4.78, 5) is 25.8. The summed E-state index contributed by atoms with van der Waals surface area (Å²) in [6, 6.07) is 13.1. The van der Waals surface area contributed by atoms with Crippen LogP contribution in [0.4, 0.5) is 5.82 Å². The zero-order chi connectivity index (χ0) is 24.8. The minimum absolute atomic E-state index is 0.0112. The van der Waals surface area contributed by atoms with Gasteiger partial charge in [0.1, 0.15) is 12.4 Å². The van der Waals surface area contributed by atoms with Gasteiger partial charge in [-0.05, 0) is 24.1 Å². The predicted molar refractivity (Wildman–Crippen MR) is 134 cm³/mol. The molecule has 0 saturated heterocycles. The molecule has 1 aliphatic rings. The maximum absolute atomic E-state index is 13.2. The van der Waals surface area contributed by atoms with Crippen LogP contribution in [0.25, 0.3) is 0 Å². The number of benzene rings is 2. The molecule has 1 aliphatic heterocycles. The molecule has 0 atom stereocenters. The first-order chi connectivity index (χ1) is 17.0. The Morgan fingerprint density at radius 3 is 2.40 bits per heavy atom. The summed E-state index contributed by atoms with van der Waals surface area (Å²) in [7, 11) is 4.49. The van der Waals surface area contributed by atoms with E-state index in [1.165, 1.54) is 21.3 Å². The number of carbonyl (C=O) groups excluding carboxylic acids is 2. The van der Waals surface area contributed by atoms with E-state index < -0.39 is 0 Å². The third-order valence-electron chi connectivity index (χ3n) is 5.65. The van der Waals surface area contributed by atoms with Gasteiger partial charge in [0, 0.05) is 29.2 Å². The Bertz CT molecular complexity index is 1190. The Hall–Kier alpha value is -3.66. The van der Waals surface area contributed by atoms with E-state index in [0.29, 0.717) is 35.2 Å². The van der Waals surface area contributed by atoms with Crippen molar-refractivity contribution in [1.29, 1.82) is 0 Å². The lowest BCUT2D eigenvalue weighted by Crippen LogP contribution is -2.30. The van der Waals surface area contributed by atoms with E-state index in [0.717, 1.165) is 34.7 Å². The molecule has 2 amide bonds. The van der Waals surface area contributed by atoms with Crippen molar-refractivity contribution < 1.29 is 23.8 Å². The summed E-state index contributed by atoms with van der Waals surface area (Å²) in [6.45, 7) is 0.532. The van der Waals surface area contributed by atoms with Crippen LogP contribution in [-0.4, -0.2) is 49.5 Å². The Morgan fingerprint density at radius 2 is 1.74 bits per heavy atom. The average Bonchev–Trinajstić information content (AvgIpc) is 3.45. The Balaban J connectivity index is 1.49. The first kappa shape index (κ1) is 24.5. The molecule has 0 bridgehead atoms. The van der Waals surface area contributed by atoms with Crippen molar-refractivity contribution in [1.82, 2.24) is 15.1 Å². The molecule has 0 spiro atoms. The fourth-order valence-electron chi connectivity index (χ4n) is 3.90. The van der Waals surface area contributed by atoms with Crippen molar-refractivity contribution in [2.24, 2.45) is 0 Å². The highest BCUT2D eigenvalue weighted by atomic mass is 32.2. The van der Waals surface area contributed by atoms with E-state index >= 15 is 0 Å². The maximum Gasteiger partial charge on any atom is 0.257 e. The van der Waals surface area contributed by atoms with Gasteiger partial charge in [0.25, 0.3) is 5.91 Å². The second-order valence-electron chi connectivity index (χ2n) is 7.88. The number of carbonyl (C=O) groups is 2. The molecule has 35 heavy (non-hydrogen) atoms. The lowest BCUT2D eigenvalue weighted by molar-refractivity contribution is -0.121.